The Kier molecular flexibility index (Phi) is 6.86. The minimum absolute atomic E-state index is 0.323. The topological polar surface area (TPSA) is 81.4 Å². The summed E-state index contributed by atoms with van der Waals surface area (Å²) in [5.41, 5.74) is 7.06. The summed E-state index contributed by atoms with van der Waals surface area (Å²) >= 11 is 13.4. The number of rotatable bonds is 5. The van der Waals surface area contributed by atoms with Gasteiger partial charge in [-0.1, -0.05) is 36.0 Å². The van der Waals surface area contributed by atoms with Gasteiger partial charge in [0.1, 0.15) is 10.8 Å². The zero-order valence-corrected chi connectivity index (χ0v) is 17.8. The first-order valence-electron chi connectivity index (χ1n) is 9.23. The third kappa shape index (κ3) is 4.80. The van der Waals surface area contributed by atoms with E-state index in [1.807, 2.05) is 0 Å². The van der Waals surface area contributed by atoms with Gasteiger partial charge in [0.05, 0.1) is 10.6 Å². The molecular weight excluding hydrogens is 419 g/mol. The molecule has 0 aliphatic heterocycles. The van der Waals surface area contributed by atoms with Crippen LogP contribution in [0.25, 0.3) is 0 Å². The molecule has 5 nitrogen and oxygen atoms in total. The molecule has 1 aromatic carbocycles. The number of benzene rings is 1. The summed E-state index contributed by atoms with van der Waals surface area (Å²) in [6.07, 6.45) is 5.32. The molecule has 8 heteroatoms. The highest BCUT2D eigenvalue weighted by molar-refractivity contribution is 7.17. The third-order valence-corrected chi connectivity index (χ3v) is 6.46. The van der Waals surface area contributed by atoms with Gasteiger partial charge in [0.2, 0.25) is 0 Å². The normalized spacial score (nSPS) is 15.1. The highest BCUT2D eigenvalue weighted by Crippen LogP contribution is 2.37. The lowest BCUT2D eigenvalue weighted by molar-refractivity contribution is -0.122. The van der Waals surface area contributed by atoms with Gasteiger partial charge in [0.25, 0.3) is 11.8 Å². The van der Waals surface area contributed by atoms with Crippen molar-refractivity contribution in [1.82, 2.24) is 0 Å². The fraction of sp³-hybridized carbons (Fsp3) is 0.400. The molecule has 1 aliphatic carbocycles. The average molecular weight is 441 g/mol. The molecule has 1 aromatic heterocycles. The van der Waals surface area contributed by atoms with Crippen molar-refractivity contribution >= 4 is 51.4 Å². The molecule has 0 unspecified atom stereocenters. The number of amides is 2. The summed E-state index contributed by atoms with van der Waals surface area (Å²) in [7, 11) is 0. The summed E-state index contributed by atoms with van der Waals surface area (Å²) in [6, 6.07) is 4.80. The summed E-state index contributed by atoms with van der Waals surface area (Å²) in [5, 5.41) is 4.13. The van der Waals surface area contributed by atoms with Crippen LogP contribution in [0.3, 0.4) is 0 Å². The maximum atomic E-state index is 12.7. The number of halogens is 2. The Bertz CT molecular complexity index is 898. The van der Waals surface area contributed by atoms with Crippen molar-refractivity contribution in [2.24, 2.45) is 5.73 Å². The van der Waals surface area contributed by atoms with Crippen LogP contribution in [0.2, 0.25) is 10.0 Å². The predicted octanol–water partition coefficient (Wildman–Crippen LogP) is 5.22. The van der Waals surface area contributed by atoms with E-state index >= 15 is 0 Å². The standard InChI is InChI=1S/C20H22Cl2N2O3S/c1-11(27-15-9-8-12(21)10-14(15)22)19(26)24-20-17(18(23)25)13-6-4-2-3-5-7-16(13)28-20/h8-11H,2-7H2,1H3,(H2,23,25)(H,24,26)/t11-/m1/s1. The Morgan fingerprint density at radius 1 is 1.18 bits per heavy atom. The second-order valence-electron chi connectivity index (χ2n) is 6.81. The number of nitrogens with two attached hydrogens (primary N) is 1. The molecule has 0 saturated heterocycles. The number of primary amides is 1. The van der Waals surface area contributed by atoms with E-state index in [4.69, 9.17) is 33.7 Å². The minimum atomic E-state index is -0.816. The van der Waals surface area contributed by atoms with Crippen molar-refractivity contribution in [3.63, 3.8) is 0 Å². The lowest BCUT2D eigenvalue weighted by Gasteiger charge is -2.15. The molecule has 1 heterocycles. The fourth-order valence-electron chi connectivity index (χ4n) is 3.30. The SMILES string of the molecule is C[C@@H](Oc1ccc(Cl)cc1Cl)C(=O)Nc1sc2c(c1C(N)=O)CCCCCC2. The lowest BCUT2D eigenvalue weighted by Crippen LogP contribution is -2.30. The molecule has 2 aromatic rings. The van der Waals surface area contributed by atoms with Gasteiger partial charge in [-0.15, -0.1) is 11.3 Å². The van der Waals surface area contributed by atoms with Crippen molar-refractivity contribution < 1.29 is 14.3 Å². The largest absolute Gasteiger partial charge is 0.479 e. The van der Waals surface area contributed by atoms with Gasteiger partial charge in [-0.05, 0) is 56.4 Å². The summed E-state index contributed by atoms with van der Waals surface area (Å²) in [4.78, 5) is 25.9. The van der Waals surface area contributed by atoms with Gasteiger partial charge in [0.15, 0.2) is 6.10 Å². The number of hydrogen-bond acceptors (Lipinski definition) is 4. The second kappa shape index (κ2) is 9.16. The molecule has 0 spiro atoms. The van der Waals surface area contributed by atoms with Crippen LogP contribution in [0.15, 0.2) is 18.2 Å². The summed E-state index contributed by atoms with van der Waals surface area (Å²) in [6.45, 7) is 1.62. The smallest absolute Gasteiger partial charge is 0.265 e. The number of aryl methyl sites for hydroxylation is 1. The Hall–Kier alpha value is -1.76. The number of nitrogens with one attached hydrogen (secondary N) is 1. The van der Waals surface area contributed by atoms with E-state index in [2.05, 4.69) is 5.32 Å². The Balaban J connectivity index is 1.79. The Morgan fingerprint density at radius 2 is 1.89 bits per heavy atom. The molecule has 0 saturated carbocycles. The van der Waals surface area contributed by atoms with E-state index in [1.165, 1.54) is 17.8 Å². The van der Waals surface area contributed by atoms with Gasteiger partial charge in [-0.2, -0.15) is 0 Å². The van der Waals surface area contributed by atoms with E-state index in [-0.39, 0.29) is 5.91 Å². The molecule has 1 atom stereocenters. The summed E-state index contributed by atoms with van der Waals surface area (Å²) in [5.74, 6) is -0.521. The maximum absolute atomic E-state index is 12.7. The van der Waals surface area contributed by atoms with Gasteiger partial charge in [-0.25, -0.2) is 0 Å². The van der Waals surface area contributed by atoms with Gasteiger partial charge >= 0.3 is 0 Å². The molecule has 3 rings (SSSR count). The zero-order chi connectivity index (χ0) is 20.3. The van der Waals surface area contributed by atoms with Crippen molar-refractivity contribution in [2.75, 3.05) is 5.32 Å². The van der Waals surface area contributed by atoms with E-state index < -0.39 is 12.0 Å². The summed E-state index contributed by atoms with van der Waals surface area (Å²) < 4.78 is 5.66. The van der Waals surface area contributed by atoms with E-state index in [0.717, 1.165) is 42.5 Å². The quantitative estimate of drug-likeness (QED) is 0.668. The van der Waals surface area contributed by atoms with Gasteiger partial charge in [-0.3, -0.25) is 9.59 Å². The number of carbonyl (C=O) groups is 2. The Labute approximate surface area is 178 Å². The highest BCUT2D eigenvalue weighted by Gasteiger charge is 2.25. The van der Waals surface area contributed by atoms with E-state index in [0.29, 0.717) is 26.4 Å². The van der Waals surface area contributed by atoms with Crippen molar-refractivity contribution in [3.05, 3.63) is 44.2 Å². The number of carbonyl (C=O) groups excluding carboxylic acids is 2. The molecule has 3 N–H and O–H groups in total. The molecular formula is C20H22Cl2N2O3S. The van der Waals surface area contributed by atoms with Crippen LogP contribution in [-0.2, 0) is 17.6 Å². The molecule has 0 radical (unpaired) electrons. The third-order valence-electron chi connectivity index (χ3n) is 4.72. The molecule has 1 aliphatic rings. The van der Waals surface area contributed by atoms with Gasteiger partial charge < -0.3 is 15.8 Å². The molecule has 0 bridgehead atoms. The zero-order valence-electron chi connectivity index (χ0n) is 15.5. The monoisotopic (exact) mass is 440 g/mol. The van der Waals surface area contributed by atoms with Crippen LogP contribution in [0.4, 0.5) is 5.00 Å². The number of ether oxygens (including phenoxy) is 1. The van der Waals surface area contributed by atoms with Crippen LogP contribution in [0.1, 0.15) is 53.4 Å². The van der Waals surface area contributed by atoms with Crippen molar-refractivity contribution in [2.45, 2.75) is 51.6 Å². The average Bonchev–Trinajstić information content (AvgIpc) is 2.93. The fourth-order valence-corrected chi connectivity index (χ4v) is 5.05. The van der Waals surface area contributed by atoms with Crippen LogP contribution < -0.4 is 15.8 Å². The first kappa shape index (κ1) is 21.0. The Morgan fingerprint density at radius 3 is 2.57 bits per heavy atom. The van der Waals surface area contributed by atoms with Crippen LogP contribution in [0, 0.1) is 0 Å². The predicted molar refractivity (Wildman–Crippen MR) is 114 cm³/mol. The number of thiophene rings is 1. The highest BCUT2D eigenvalue weighted by atomic mass is 35.5. The first-order chi connectivity index (χ1) is 13.4. The van der Waals surface area contributed by atoms with E-state index in [1.54, 1.807) is 25.1 Å². The molecule has 150 valence electrons. The van der Waals surface area contributed by atoms with Crippen LogP contribution >= 0.6 is 34.5 Å². The minimum Gasteiger partial charge on any atom is -0.479 e. The first-order valence-corrected chi connectivity index (χ1v) is 10.8. The van der Waals surface area contributed by atoms with Crippen LogP contribution in [0.5, 0.6) is 5.75 Å². The number of hydrogen-bond donors (Lipinski definition) is 2. The molecule has 2 amide bonds. The lowest BCUT2D eigenvalue weighted by atomic mass is 9.96. The van der Waals surface area contributed by atoms with Gasteiger partial charge in [0, 0.05) is 9.90 Å². The molecule has 0 fully saturated rings. The maximum Gasteiger partial charge on any atom is 0.265 e. The van der Waals surface area contributed by atoms with E-state index in [9.17, 15) is 9.59 Å². The number of anilines is 1. The van der Waals surface area contributed by atoms with Crippen molar-refractivity contribution in [3.8, 4) is 5.75 Å². The van der Waals surface area contributed by atoms with Crippen molar-refractivity contribution in [1.29, 1.82) is 0 Å². The molecule has 28 heavy (non-hydrogen) atoms. The van der Waals surface area contributed by atoms with Crippen LogP contribution in [-0.4, -0.2) is 17.9 Å². The second-order valence-corrected chi connectivity index (χ2v) is 8.76. The number of fused-ring (bicyclic) bond motifs is 1.